The van der Waals surface area contributed by atoms with Gasteiger partial charge in [-0.15, -0.1) is 0 Å². The largest absolute Gasteiger partial charge is 0.382 e. The Balaban J connectivity index is 2.72. The first-order chi connectivity index (χ1) is 9.74. The fraction of sp³-hybridized carbons (Fsp3) is 0.421. The molecule has 1 aliphatic rings. The van der Waals surface area contributed by atoms with E-state index in [1.807, 2.05) is 6.08 Å². The quantitative estimate of drug-likeness (QED) is 0.826. The summed E-state index contributed by atoms with van der Waals surface area (Å²) in [6, 6.07) is 6.44. The second-order valence-corrected chi connectivity index (χ2v) is 6.84. The number of nitrogens with zero attached hydrogens (tertiary/aromatic N) is 1. The number of rotatable bonds is 1. The summed E-state index contributed by atoms with van der Waals surface area (Å²) >= 11 is 0. The van der Waals surface area contributed by atoms with Gasteiger partial charge in [-0.05, 0) is 42.0 Å². The molecule has 1 aromatic carbocycles. The molecule has 112 valence electrons. The first kappa shape index (κ1) is 15.7. The van der Waals surface area contributed by atoms with Crippen LogP contribution in [-0.2, 0) is 0 Å². The van der Waals surface area contributed by atoms with Crippen molar-refractivity contribution in [1.29, 1.82) is 0 Å². The van der Waals surface area contributed by atoms with E-state index in [-0.39, 0.29) is 5.41 Å². The molecule has 0 fully saturated rings. The second kappa shape index (κ2) is 5.61. The predicted molar refractivity (Wildman–Crippen MR) is 90.8 cm³/mol. The van der Waals surface area contributed by atoms with Crippen LogP contribution in [0.1, 0.15) is 37.5 Å². The fourth-order valence-electron chi connectivity index (χ4n) is 2.94. The van der Waals surface area contributed by atoms with Crippen LogP contribution in [0.25, 0.3) is 5.57 Å². The standard InChI is InChI=1S/C19H25NO/c1-12-9-13(2)11-14(10-12)17-15(19(3,4)5)7-8-16(20-6)18(17)21/h7-11,18,21H,1-6H3. The van der Waals surface area contributed by atoms with Gasteiger partial charge in [-0.1, -0.05) is 56.2 Å². The summed E-state index contributed by atoms with van der Waals surface area (Å²) in [4.78, 5) is 4.21. The molecule has 1 atom stereocenters. The summed E-state index contributed by atoms with van der Waals surface area (Å²) in [5.74, 6) is 0. The van der Waals surface area contributed by atoms with Crippen LogP contribution in [0.2, 0.25) is 0 Å². The van der Waals surface area contributed by atoms with Crippen molar-refractivity contribution in [1.82, 2.24) is 0 Å². The lowest BCUT2D eigenvalue weighted by molar-refractivity contribution is 0.294. The Labute approximate surface area is 127 Å². The molecular weight excluding hydrogens is 258 g/mol. The molecule has 1 N–H and O–H groups in total. The number of benzene rings is 1. The molecule has 1 aromatic rings. The number of aliphatic hydroxyl groups excluding tert-OH is 1. The molecule has 0 heterocycles. The van der Waals surface area contributed by atoms with Crippen LogP contribution in [0.5, 0.6) is 0 Å². The summed E-state index contributed by atoms with van der Waals surface area (Å²) in [6.45, 7) is 10.7. The van der Waals surface area contributed by atoms with Crippen molar-refractivity contribution in [2.45, 2.75) is 40.7 Å². The summed E-state index contributed by atoms with van der Waals surface area (Å²) in [5.41, 5.74) is 6.37. The van der Waals surface area contributed by atoms with Crippen molar-refractivity contribution < 1.29 is 5.11 Å². The minimum Gasteiger partial charge on any atom is -0.382 e. The minimum absolute atomic E-state index is 0.0241. The molecule has 0 amide bonds. The Morgan fingerprint density at radius 1 is 1.00 bits per heavy atom. The third-order valence-corrected chi connectivity index (χ3v) is 3.86. The average molecular weight is 283 g/mol. The normalized spacial score (nSPS) is 21.3. The SMILES string of the molecule is CN=C1C=CC(C(C)(C)C)=C(c2cc(C)cc(C)c2)C1O. The van der Waals surface area contributed by atoms with Crippen LogP contribution >= 0.6 is 0 Å². The smallest absolute Gasteiger partial charge is 0.121 e. The Morgan fingerprint density at radius 2 is 1.57 bits per heavy atom. The van der Waals surface area contributed by atoms with Crippen LogP contribution in [0.4, 0.5) is 0 Å². The lowest BCUT2D eigenvalue weighted by Gasteiger charge is -2.31. The Kier molecular flexibility index (Phi) is 4.20. The van der Waals surface area contributed by atoms with E-state index in [9.17, 15) is 5.11 Å². The molecule has 0 saturated heterocycles. The lowest BCUT2D eigenvalue weighted by atomic mass is 9.76. The number of hydrogen-bond donors (Lipinski definition) is 1. The van der Waals surface area contributed by atoms with Crippen LogP contribution in [0, 0.1) is 19.3 Å². The van der Waals surface area contributed by atoms with Gasteiger partial charge in [0.15, 0.2) is 0 Å². The van der Waals surface area contributed by atoms with E-state index in [2.05, 4.69) is 63.9 Å². The first-order valence-corrected chi connectivity index (χ1v) is 7.40. The molecule has 1 unspecified atom stereocenters. The van der Waals surface area contributed by atoms with Gasteiger partial charge in [-0.2, -0.15) is 0 Å². The predicted octanol–water partition coefficient (Wildman–Crippen LogP) is 4.10. The van der Waals surface area contributed by atoms with Gasteiger partial charge in [0.2, 0.25) is 0 Å². The molecule has 0 saturated carbocycles. The lowest BCUT2D eigenvalue weighted by Crippen LogP contribution is -2.27. The van der Waals surface area contributed by atoms with Gasteiger partial charge in [-0.25, -0.2) is 0 Å². The van der Waals surface area contributed by atoms with Crippen LogP contribution in [0.15, 0.2) is 40.9 Å². The number of aryl methyl sites for hydroxylation is 2. The van der Waals surface area contributed by atoms with E-state index in [4.69, 9.17) is 0 Å². The monoisotopic (exact) mass is 283 g/mol. The van der Waals surface area contributed by atoms with E-state index < -0.39 is 6.10 Å². The average Bonchev–Trinajstić information content (AvgIpc) is 2.35. The third kappa shape index (κ3) is 3.16. The highest BCUT2D eigenvalue weighted by molar-refractivity contribution is 6.09. The van der Waals surface area contributed by atoms with Crippen LogP contribution in [-0.4, -0.2) is 24.0 Å². The van der Waals surface area contributed by atoms with Gasteiger partial charge in [0.1, 0.15) is 6.10 Å². The highest BCUT2D eigenvalue weighted by Crippen LogP contribution is 2.38. The molecule has 0 aliphatic heterocycles. The molecule has 0 spiro atoms. The molecule has 2 heteroatoms. The second-order valence-electron chi connectivity index (χ2n) is 6.84. The van der Waals surface area contributed by atoms with Crippen molar-refractivity contribution >= 4 is 11.3 Å². The van der Waals surface area contributed by atoms with Crippen LogP contribution < -0.4 is 0 Å². The zero-order valence-electron chi connectivity index (χ0n) is 13.9. The first-order valence-electron chi connectivity index (χ1n) is 7.40. The topological polar surface area (TPSA) is 32.6 Å². The van der Waals surface area contributed by atoms with Gasteiger partial charge in [0.05, 0.1) is 5.71 Å². The maximum absolute atomic E-state index is 10.8. The summed E-state index contributed by atoms with van der Waals surface area (Å²) in [6.07, 6.45) is 3.37. The zero-order chi connectivity index (χ0) is 15.8. The third-order valence-electron chi connectivity index (χ3n) is 3.86. The Morgan fingerprint density at radius 3 is 2.05 bits per heavy atom. The molecular formula is C19H25NO. The molecule has 0 bridgehead atoms. The molecule has 0 radical (unpaired) electrons. The minimum atomic E-state index is -0.657. The summed E-state index contributed by atoms with van der Waals surface area (Å²) < 4.78 is 0. The van der Waals surface area contributed by atoms with Crippen molar-refractivity contribution in [2.24, 2.45) is 10.4 Å². The maximum atomic E-state index is 10.8. The molecule has 0 aromatic heterocycles. The van der Waals surface area contributed by atoms with Gasteiger partial charge in [0.25, 0.3) is 0 Å². The summed E-state index contributed by atoms with van der Waals surface area (Å²) in [7, 11) is 1.73. The molecule has 21 heavy (non-hydrogen) atoms. The number of aliphatic hydroxyl groups is 1. The number of allylic oxidation sites excluding steroid dienone is 2. The van der Waals surface area contributed by atoms with Crippen LogP contribution in [0.3, 0.4) is 0 Å². The van der Waals surface area contributed by atoms with E-state index in [1.54, 1.807) is 7.05 Å². The summed E-state index contributed by atoms with van der Waals surface area (Å²) in [5, 5.41) is 10.8. The number of hydrogen-bond acceptors (Lipinski definition) is 2. The maximum Gasteiger partial charge on any atom is 0.121 e. The zero-order valence-corrected chi connectivity index (χ0v) is 13.9. The van der Waals surface area contributed by atoms with E-state index in [0.29, 0.717) is 0 Å². The van der Waals surface area contributed by atoms with E-state index in [1.165, 1.54) is 16.7 Å². The molecule has 2 nitrogen and oxygen atoms in total. The van der Waals surface area contributed by atoms with E-state index in [0.717, 1.165) is 16.8 Å². The van der Waals surface area contributed by atoms with Gasteiger partial charge < -0.3 is 5.11 Å². The van der Waals surface area contributed by atoms with Gasteiger partial charge >= 0.3 is 0 Å². The van der Waals surface area contributed by atoms with Crippen molar-refractivity contribution in [3.05, 3.63) is 52.6 Å². The van der Waals surface area contributed by atoms with Gasteiger partial charge in [-0.3, -0.25) is 4.99 Å². The highest BCUT2D eigenvalue weighted by Gasteiger charge is 2.29. The Bertz CT molecular complexity index is 622. The van der Waals surface area contributed by atoms with E-state index >= 15 is 0 Å². The Hall–Kier alpha value is -1.67. The molecule has 1 aliphatic carbocycles. The van der Waals surface area contributed by atoms with Crippen molar-refractivity contribution in [3.8, 4) is 0 Å². The fourth-order valence-corrected chi connectivity index (χ4v) is 2.94. The van der Waals surface area contributed by atoms with Crippen molar-refractivity contribution in [3.63, 3.8) is 0 Å². The number of aliphatic imine (C=N–C) groups is 1. The van der Waals surface area contributed by atoms with Crippen molar-refractivity contribution in [2.75, 3.05) is 7.05 Å². The van der Waals surface area contributed by atoms with Gasteiger partial charge in [0, 0.05) is 7.05 Å². The highest BCUT2D eigenvalue weighted by atomic mass is 16.3. The molecule has 2 rings (SSSR count).